The molecule has 3 aromatic rings. The number of hydrogen-bond acceptors (Lipinski definition) is 4. The highest BCUT2D eigenvalue weighted by Gasteiger charge is 2.27. The summed E-state index contributed by atoms with van der Waals surface area (Å²) in [4.78, 5) is 0. The molecule has 0 fully saturated rings. The van der Waals surface area contributed by atoms with Crippen LogP contribution in [0.25, 0.3) is 11.3 Å². The van der Waals surface area contributed by atoms with E-state index in [-0.39, 0.29) is 0 Å². The van der Waals surface area contributed by atoms with Crippen molar-refractivity contribution in [1.82, 2.24) is 10.2 Å². The van der Waals surface area contributed by atoms with Crippen LogP contribution in [0, 0.1) is 0 Å². The molecule has 128 valence electrons. The number of aromatic amines is 1. The van der Waals surface area contributed by atoms with Gasteiger partial charge in [-0.25, -0.2) is 0 Å². The fourth-order valence-electron chi connectivity index (χ4n) is 3.51. The lowest BCUT2D eigenvalue weighted by Gasteiger charge is -2.10. The Morgan fingerprint density at radius 2 is 1.80 bits per heavy atom. The molecule has 0 saturated carbocycles. The third-order valence-corrected chi connectivity index (χ3v) is 4.77. The van der Waals surface area contributed by atoms with E-state index in [1.807, 2.05) is 30.3 Å². The molecule has 0 radical (unpaired) electrons. The first-order valence-electron chi connectivity index (χ1n) is 8.18. The number of methoxy groups -OCH3 is 3. The van der Waals surface area contributed by atoms with Crippen LogP contribution >= 0.6 is 0 Å². The zero-order valence-electron chi connectivity index (χ0n) is 14.6. The Kier molecular flexibility index (Phi) is 3.84. The van der Waals surface area contributed by atoms with E-state index >= 15 is 0 Å². The Morgan fingerprint density at radius 3 is 2.56 bits per heavy atom. The second-order valence-electron chi connectivity index (χ2n) is 6.05. The molecule has 0 atom stereocenters. The number of aromatic nitrogens is 2. The lowest BCUT2D eigenvalue weighted by molar-refractivity contribution is 0.399. The minimum absolute atomic E-state index is 0.707. The van der Waals surface area contributed by atoms with Gasteiger partial charge in [-0.05, 0) is 24.3 Å². The van der Waals surface area contributed by atoms with E-state index in [1.165, 1.54) is 11.1 Å². The van der Waals surface area contributed by atoms with Gasteiger partial charge in [-0.15, -0.1) is 0 Å². The first-order valence-corrected chi connectivity index (χ1v) is 8.18. The van der Waals surface area contributed by atoms with Crippen LogP contribution in [0.2, 0.25) is 0 Å². The van der Waals surface area contributed by atoms with Gasteiger partial charge in [0, 0.05) is 40.8 Å². The summed E-state index contributed by atoms with van der Waals surface area (Å²) in [6.07, 6.45) is 1.53. The number of rotatable bonds is 5. The van der Waals surface area contributed by atoms with Crippen molar-refractivity contribution in [3.63, 3.8) is 0 Å². The van der Waals surface area contributed by atoms with Crippen molar-refractivity contribution in [3.8, 4) is 28.5 Å². The Morgan fingerprint density at radius 1 is 0.960 bits per heavy atom. The summed E-state index contributed by atoms with van der Waals surface area (Å²) in [5, 5.41) is 7.76. The van der Waals surface area contributed by atoms with Gasteiger partial charge in [0.1, 0.15) is 17.2 Å². The first kappa shape index (κ1) is 15.6. The van der Waals surface area contributed by atoms with Crippen molar-refractivity contribution in [2.24, 2.45) is 0 Å². The molecule has 2 aromatic carbocycles. The van der Waals surface area contributed by atoms with Gasteiger partial charge in [0.15, 0.2) is 0 Å². The monoisotopic (exact) mass is 336 g/mol. The van der Waals surface area contributed by atoms with Gasteiger partial charge in [0.05, 0.1) is 27.0 Å². The highest BCUT2D eigenvalue weighted by molar-refractivity contribution is 5.77. The maximum absolute atomic E-state index is 5.51. The molecule has 1 heterocycles. The van der Waals surface area contributed by atoms with Crippen LogP contribution in [0.5, 0.6) is 17.2 Å². The molecule has 0 bridgehead atoms. The second kappa shape index (κ2) is 6.16. The average molecular weight is 336 g/mol. The van der Waals surface area contributed by atoms with Crippen molar-refractivity contribution < 1.29 is 14.2 Å². The third kappa shape index (κ3) is 2.52. The smallest absolute Gasteiger partial charge is 0.123 e. The maximum atomic E-state index is 5.51. The normalized spacial score (nSPS) is 11.8. The van der Waals surface area contributed by atoms with Crippen molar-refractivity contribution >= 4 is 0 Å². The molecule has 0 spiro atoms. The molecule has 5 heteroatoms. The minimum atomic E-state index is 0.707. The molecule has 1 aromatic heterocycles. The molecular formula is C20H20N2O3. The van der Waals surface area contributed by atoms with E-state index in [1.54, 1.807) is 21.3 Å². The Hall–Kier alpha value is -2.95. The topological polar surface area (TPSA) is 56.4 Å². The molecule has 25 heavy (non-hydrogen) atoms. The molecule has 1 N–H and O–H groups in total. The standard InChI is InChI=1S/C20H20N2O3/c1-23-13-7-8-18(24-2)12(9-13)10-17-16-11-15-14(20(16)22-21-17)5-4-6-19(15)25-3/h4-9H,10-11H2,1-3H3,(H,21,22). The van der Waals surface area contributed by atoms with Crippen molar-refractivity contribution in [3.05, 3.63) is 58.8 Å². The number of ether oxygens (including phenoxy) is 3. The SMILES string of the molecule is COc1ccc(OC)c(Cc2[nH]nc3c2Cc2c(OC)cccc2-3)c1. The van der Waals surface area contributed by atoms with Gasteiger partial charge in [0.25, 0.3) is 0 Å². The van der Waals surface area contributed by atoms with Crippen LogP contribution in [-0.2, 0) is 12.8 Å². The van der Waals surface area contributed by atoms with Gasteiger partial charge < -0.3 is 14.2 Å². The molecule has 0 amide bonds. The van der Waals surface area contributed by atoms with E-state index in [0.29, 0.717) is 6.42 Å². The molecular weight excluding hydrogens is 316 g/mol. The number of H-pyrrole nitrogens is 1. The van der Waals surface area contributed by atoms with E-state index in [9.17, 15) is 0 Å². The van der Waals surface area contributed by atoms with Crippen LogP contribution in [0.15, 0.2) is 36.4 Å². The van der Waals surface area contributed by atoms with Gasteiger partial charge in [-0.3, -0.25) is 5.10 Å². The van der Waals surface area contributed by atoms with Crippen LogP contribution < -0.4 is 14.2 Å². The van der Waals surface area contributed by atoms with Crippen LogP contribution in [0.3, 0.4) is 0 Å². The summed E-state index contributed by atoms with van der Waals surface area (Å²) >= 11 is 0. The van der Waals surface area contributed by atoms with Crippen molar-refractivity contribution in [1.29, 1.82) is 0 Å². The van der Waals surface area contributed by atoms with Gasteiger partial charge >= 0.3 is 0 Å². The van der Waals surface area contributed by atoms with Crippen molar-refractivity contribution in [2.45, 2.75) is 12.8 Å². The fraction of sp³-hybridized carbons (Fsp3) is 0.250. The van der Waals surface area contributed by atoms with E-state index in [0.717, 1.165) is 46.2 Å². The molecule has 1 aliphatic carbocycles. The number of hydrogen-bond donors (Lipinski definition) is 1. The van der Waals surface area contributed by atoms with Crippen LogP contribution in [0.1, 0.15) is 22.4 Å². The van der Waals surface area contributed by atoms with Gasteiger partial charge in [-0.2, -0.15) is 5.10 Å². The van der Waals surface area contributed by atoms with E-state index < -0.39 is 0 Å². The van der Waals surface area contributed by atoms with Gasteiger partial charge in [-0.1, -0.05) is 12.1 Å². The van der Waals surface area contributed by atoms with Crippen LogP contribution in [-0.4, -0.2) is 31.5 Å². The lowest BCUT2D eigenvalue weighted by Crippen LogP contribution is -1.98. The van der Waals surface area contributed by atoms with Gasteiger partial charge in [0.2, 0.25) is 0 Å². The second-order valence-corrected chi connectivity index (χ2v) is 6.05. The zero-order chi connectivity index (χ0) is 17.4. The number of nitrogens with zero attached hydrogens (tertiary/aromatic N) is 1. The molecule has 1 aliphatic rings. The Labute approximate surface area is 146 Å². The molecule has 5 nitrogen and oxygen atoms in total. The summed E-state index contributed by atoms with van der Waals surface area (Å²) in [5.41, 5.74) is 6.76. The largest absolute Gasteiger partial charge is 0.497 e. The highest BCUT2D eigenvalue weighted by Crippen LogP contribution is 2.42. The minimum Gasteiger partial charge on any atom is -0.497 e. The Balaban J connectivity index is 1.71. The fourth-order valence-corrected chi connectivity index (χ4v) is 3.51. The summed E-state index contributed by atoms with van der Waals surface area (Å²) in [6, 6.07) is 11.9. The summed E-state index contributed by atoms with van der Waals surface area (Å²) in [7, 11) is 5.06. The highest BCUT2D eigenvalue weighted by atomic mass is 16.5. The van der Waals surface area contributed by atoms with E-state index in [2.05, 4.69) is 16.3 Å². The predicted molar refractivity (Wildman–Crippen MR) is 95.7 cm³/mol. The Bertz CT molecular complexity index is 931. The molecule has 0 unspecified atom stereocenters. The molecule has 4 rings (SSSR count). The summed E-state index contributed by atoms with van der Waals surface area (Å²) < 4.78 is 16.4. The number of fused-ring (bicyclic) bond motifs is 3. The number of nitrogens with one attached hydrogen (secondary N) is 1. The summed E-state index contributed by atoms with van der Waals surface area (Å²) in [6.45, 7) is 0. The quantitative estimate of drug-likeness (QED) is 0.605. The maximum Gasteiger partial charge on any atom is 0.123 e. The van der Waals surface area contributed by atoms with E-state index in [4.69, 9.17) is 14.2 Å². The third-order valence-electron chi connectivity index (χ3n) is 4.77. The first-order chi connectivity index (χ1) is 12.2. The zero-order valence-corrected chi connectivity index (χ0v) is 14.6. The predicted octanol–water partition coefficient (Wildman–Crippen LogP) is 3.60. The van der Waals surface area contributed by atoms with Crippen molar-refractivity contribution in [2.75, 3.05) is 21.3 Å². The van der Waals surface area contributed by atoms with Crippen LogP contribution in [0.4, 0.5) is 0 Å². The lowest BCUT2D eigenvalue weighted by atomic mass is 10.0. The summed E-state index contributed by atoms with van der Waals surface area (Å²) in [5.74, 6) is 2.58. The molecule has 0 aliphatic heterocycles. The molecule has 0 saturated heterocycles. The number of benzene rings is 2. The average Bonchev–Trinajstić information content (AvgIpc) is 3.21.